The van der Waals surface area contributed by atoms with E-state index in [2.05, 4.69) is 20.9 Å². The Morgan fingerprint density at radius 3 is 2.67 bits per heavy atom. The average Bonchev–Trinajstić information content (AvgIpc) is 2.47. The van der Waals surface area contributed by atoms with Crippen molar-refractivity contribution in [2.75, 3.05) is 0 Å². The molecule has 0 bridgehead atoms. The second-order valence-electron chi connectivity index (χ2n) is 4.23. The largest absolute Gasteiger partial charge is 0.478 e. The van der Waals surface area contributed by atoms with Gasteiger partial charge in [-0.05, 0) is 50.5 Å². The highest BCUT2D eigenvalue weighted by Gasteiger charge is 2.20. The molecule has 2 aromatic rings. The molecule has 0 aliphatic carbocycles. The van der Waals surface area contributed by atoms with Crippen molar-refractivity contribution in [3.8, 4) is 11.8 Å². The van der Waals surface area contributed by atoms with E-state index >= 15 is 0 Å². The van der Waals surface area contributed by atoms with Crippen LogP contribution in [0.15, 0.2) is 41.0 Å². The van der Waals surface area contributed by atoms with Crippen molar-refractivity contribution in [2.45, 2.75) is 13.0 Å². The number of hydrogen-bond donors (Lipinski definition) is 0. The van der Waals surface area contributed by atoms with Crippen LogP contribution in [0.4, 0.5) is 5.82 Å². The number of halogens is 1. The lowest BCUT2D eigenvalue weighted by Crippen LogP contribution is -2.06. The van der Waals surface area contributed by atoms with E-state index in [0.717, 1.165) is 5.56 Å². The number of nitriles is 1. The van der Waals surface area contributed by atoms with Crippen LogP contribution >= 0.6 is 15.9 Å². The van der Waals surface area contributed by atoms with Gasteiger partial charge in [0, 0.05) is 6.07 Å². The monoisotopic (exact) mass is 347 g/mol. The molecule has 0 saturated carbocycles. The fourth-order valence-corrected chi connectivity index (χ4v) is 2.03. The fraction of sp³-hybridized carbons (Fsp3) is 0.143. The molecule has 7 heteroatoms. The molecular weight excluding hydrogens is 338 g/mol. The van der Waals surface area contributed by atoms with Crippen LogP contribution in [-0.4, -0.2) is 9.91 Å². The van der Waals surface area contributed by atoms with Gasteiger partial charge in [-0.25, -0.2) is 0 Å². The standard InChI is InChI=1S/C14H10BrN3O3/c1-9(11-4-2-10(7-16)3-5-11)21-13-6-12(15)8-17-14(13)18(19)20/h2-6,8-9H,1H3. The molecule has 106 valence electrons. The molecule has 1 unspecified atom stereocenters. The number of hydrogen-bond acceptors (Lipinski definition) is 5. The number of benzene rings is 1. The van der Waals surface area contributed by atoms with E-state index in [-0.39, 0.29) is 11.6 Å². The third-order valence-corrected chi connectivity index (χ3v) is 3.22. The summed E-state index contributed by atoms with van der Waals surface area (Å²) in [6, 6.07) is 10.4. The predicted molar refractivity (Wildman–Crippen MR) is 78.8 cm³/mol. The van der Waals surface area contributed by atoms with E-state index < -0.39 is 11.0 Å². The highest BCUT2D eigenvalue weighted by molar-refractivity contribution is 9.10. The number of pyridine rings is 1. The lowest BCUT2D eigenvalue weighted by Gasteiger charge is -2.14. The number of nitro groups is 1. The lowest BCUT2D eigenvalue weighted by molar-refractivity contribution is -0.390. The molecule has 0 aliphatic heterocycles. The van der Waals surface area contributed by atoms with Crippen LogP contribution in [0.25, 0.3) is 0 Å². The number of ether oxygens (including phenoxy) is 1. The maximum atomic E-state index is 10.9. The zero-order valence-corrected chi connectivity index (χ0v) is 12.6. The van der Waals surface area contributed by atoms with Gasteiger partial charge in [-0.15, -0.1) is 0 Å². The van der Waals surface area contributed by atoms with E-state index in [1.807, 2.05) is 6.07 Å². The Morgan fingerprint density at radius 1 is 1.43 bits per heavy atom. The van der Waals surface area contributed by atoms with Gasteiger partial charge in [0.05, 0.1) is 16.1 Å². The first kappa shape index (κ1) is 14.9. The number of nitrogens with zero attached hydrogens (tertiary/aromatic N) is 3. The molecule has 6 nitrogen and oxygen atoms in total. The summed E-state index contributed by atoms with van der Waals surface area (Å²) >= 11 is 3.21. The van der Waals surface area contributed by atoms with E-state index in [1.165, 1.54) is 12.3 Å². The highest BCUT2D eigenvalue weighted by Crippen LogP contribution is 2.31. The van der Waals surface area contributed by atoms with Gasteiger partial charge < -0.3 is 14.9 Å². The molecule has 0 spiro atoms. The summed E-state index contributed by atoms with van der Waals surface area (Å²) in [7, 11) is 0. The van der Waals surface area contributed by atoms with Gasteiger partial charge in [0.25, 0.3) is 0 Å². The van der Waals surface area contributed by atoms with Crippen LogP contribution < -0.4 is 4.74 Å². The van der Waals surface area contributed by atoms with Crippen molar-refractivity contribution in [2.24, 2.45) is 0 Å². The van der Waals surface area contributed by atoms with Crippen LogP contribution in [-0.2, 0) is 0 Å². The van der Waals surface area contributed by atoms with E-state index in [4.69, 9.17) is 10.00 Å². The van der Waals surface area contributed by atoms with Crippen LogP contribution in [0.2, 0.25) is 0 Å². The first-order chi connectivity index (χ1) is 10.0. The van der Waals surface area contributed by atoms with Gasteiger partial charge in [-0.1, -0.05) is 12.1 Å². The molecular formula is C14H10BrN3O3. The van der Waals surface area contributed by atoms with Crippen molar-refractivity contribution in [1.29, 1.82) is 5.26 Å². The molecule has 0 fully saturated rings. The molecule has 1 atom stereocenters. The smallest absolute Gasteiger partial charge is 0.406 e. The normalized spacial score (nSPS) is 11.5. The van der Waals surface area contributed by atoms with E-state index in [1.54, 1.807) is 31.2 Å². The first-order valence-electron chi connectivity index (χ1n) is 5.98. The Morgan fingerprint density at radius 2 is 2.10 bits per heavy atom. The molecule has 0 amide bonds. The second-order valence-corrected chi connectivity index (χ2v) is 5.14. The number of aromatic nitrogens is 1. The quantitative estimate of drug-likeness (QED) is 0.620. The molecule has 0 radical (unpaired) electrons. The van der Waals surface area contributed by atoms with Gasteiger partial charge in [-0.3, -0.25) is 0 Å². The third-order valence-electron chi connectivity index (χ3n) is 2.79. The maximum absolute atomic E-state index is 10.9. The van der Waals surface area contributed by atoms with Gasteiger partial charge in [0.15, 0.2) is 6.20 Å². The highest BCUT2D eigenvalue weighted by atomic mass is 79.9. The SMILES string of the molecule is CC(Oc1cc(Br)cnc1[N+](=O)[O-])c1ccc(C#N)cc1. The molecule has 0 aliphatic rings. The third kappa shape index (κ3) is 3.55. The van der Waals surface area contributed by atoms with Gasteiger partial charge in [0.2, 0.25) is 5.75 Å². The second kappa shape index (κ2) is 6.33. The maximum Gasteiger partial charge on any atom is 0.406 e. The Bertz CT molecular complexity index is 710. The Labute approximate surface area is 129 Å². The molecule has 2 rings (SSSR count). The van der Waals surface area contributed by atoms with Crippen LogP contribution in [0.3, 0.4) is 0 Å². The van der Waals surface area contributed by atoms with Crippen LogP contribution in [0.1, 0.15) is 24.2 Å². The van der Waals surface area contributed by atoms with Crippen molar-refractivity contribution in [1.82, 2.24) is 4.98 Å². The van der Waals surface area contributed by atoms with Crippen LogP contribution in [0, 0.1) is 21.4 Å². The summed E-state index contributed by atoms with van der Waals surface area (Å²) in [6.07, 6.45) is 0.935. The number of rotatable bonds is 4. The lowest BCUT2D eigenvalue weighted by atomic mass is 10.1. The topological polar surface area (TPSA) is 89.1 Å². The van der Waals surface area contributed by atoms with Crippen LogP contribution in [0.5, 0.6) is 5.75 Å². The predicted octanol–water partition coefficient (Wildman–Crippen LogP) is 3.76. The first-order valence-corrected chi connectivity index (χ1v) is 6.77. The van der Waals surface area contributed by atoms with Crippen molar-refractivity contribution < 1.29 is 9.66 Å². The zero-order valence-electron chi connectivity index (χ0n) is 11.0. The summed E-state index contributed by atoms with van der Waals surface area (Å²) in [5.41, 5.74) is 1.35. The van der Waals surface area contributed by atoms with E-state index in [0.29, 0.717) is 10.0 Å². The average molecular weight is 348 g/mol. The van der Waals surface area contributed by atoms with Gasteiger partial charge in [0.1, 0.15) is 6.10 Å². The Balaban J connectivity index is 2.26. The summed E-state index contributed by atoms with van der Waals surface area (Å²) in [5.74, 6) is -0.245. The zero-order chi connectivity index (χ0) is 15.4. The molecule has 1 aromatic heterocycles. The summed E-state index contributed by atoms with van der Waals surface area (Å²) in [5, 5.41) is 19.7. The Kier molecular flexibility index (Phi) is 4.50. The van der Waals surface area contributed by atoms with E-state index in [9.17, 15) is 10.1 Å². The minimum atomic E-state index is -0.590. The fourth-order valence-electron chi connectivity index (χ4n) is 1.72. The summed E-state index contributed by atoms with van der Waals surface area (Å²) in [4.78, 5) is 14.1. The summed E-state index contributed by atoms with van der Waals surface area (Å²) < 4.78 is 6.22. The molecule has 1 aromatic carbocycles. The minimum Gasteiger partial charge on any atom is -0.478 e. The van der Waals surface area contributed by atoms with Crippen molar-refractivity contribution in [3.05, 3.63) is 62.2 Å². The molecule has 1 heterocycles. The molecule has 0 saturated heterocycles. The van der Waals surface area contributed by atoms with Crippen molar-refractivity contribution in [3.63, 3.8) is 0 Å². The summed E-state index contributed by atoms with van der Waals surface area (Å²) in [6.45, 7) is 1.77. The Hall–Kier alpha value is -2.46. The van der Waals surface area contributed by atoms with Crippen molar-refractivity contribution >= 4 is 21.7 Å². The van der Waals surface area contributed by atoms with Gasteiger partial charge in [-0.2, -0.15) is 5.26 Å². The molecule has 21 heavy (non-hydrogen) atoms. The molecule has 0 N–H and O–H groups in total. The van der Waals surface area contributed by atoms with Gasteiger partial charge >= 0.3 is 5.82 Å². The minimum absolute atomic E-state index is 0.0891.